The summed E-state index contributed by atoms with van der Waals surface area (Å²) in [5, 5.41) is 1.57. The SMILES string of the molecule is Cc1nc(Cl)c2c(I)cn(C3CC3)c2n1. The van der Waals surface area contributed by atoms with Crippen LogP contribution in [0.25, 0.3) is 11.0 Å². The number of hydrogen-bond acceptors (Lipinski definition) is 2. The van der Waals surface area contributed by atoms with Crippen molar-refractivity contribution in [2.24, 2.45) is 0 Å². The molecule has 1 fully saturated rings. The van der Waals surface area contributed by atoms with Crippen molar-refractivity contribution in [2.45, 2.75) is 25.8 Å². The molecule has 5 heteroatoms. The van der Waals surface area contributed by atoms with Gasteiger partial charge in [0.25, 0.3) is 0 Å². The second-order valence-electron chi connectivity index (χ2n) is 3.88. The number of hydrogen-bond donors (Lipinski definition) is 0. The predicted molar refractivity (Wildman–Crippen MR) is 68.3 cm³/mol. The monoisotopic (exact) mass is 333 g/mol. The van der Waals surface area contributed by atoms with Gasteiger partial charge in [-0.05, 0) is 42.4 Å². The van der Waals surface area contributed by atoms with Gasteiger partial charge in [0, 0.05) is 15.8 Å². The van der Waals surface area contributed by atoms with Crippen LogP contribution >= 0.6 is 34.2 Å². The molecule has 0 radical (unpaired) electrons. The lowest BCUT2D eigenvalue weighted by Crippen LogP contribution is -1.96. The molecular formula is C10H9ClIN3. The van der Waals surface area contributed by atoms with E-state index in [0.717, 1.165) is 20.4 Å². The van der Waals surface area contributed by atoms with Gasteiger partial charge < -0.3 is 4.57 Å². The van der Waals surface area contributed by atoms with Gasteiger partial charge in [0.15, 0.2) is 0 Å². The maximum Gasteiger partial charge on any atom is 0.146 e. The zero-order chi connectivity index (χ0) is 10.6. The van der Waals surface area contributed by atoms with Crippen LogP contribution in [0.5, 0.6) is 0 Å². The van der Waals surface area contributed by atoms with Crippen LogP contribution in [0.3, 0.4) is 0 Å². The molecule has 3 nitrogen and oxygen atoms in total. The molecule has 1 aliphatic carbocycles. The van der Waals surface area contributed by atoms with E-state index in [1.165, 1.54) is 12.8 Å². The second kappa shape index (κ2) is 3.31. The summed E-state index contributed by atoms with van der Waals surface area (Å²) in [6.07, 6.45) is 4.63. The first kappa shape index (κ1) is 9.84. The van der Waals surface area contributed by atoms with Crippen molar-refractivity contribution in [2.75, 3.05) is 0 Å². The molecule has 0 amide bonds. The predicted octanol–water partition coefficient (Wildman–Crippen LogP) is 3.33. The van der Waals surface area contributed by atoms with Crippen molar-refractivity contribution in [1.29, 1.82) is 0 Å². The van der Waals surface area contributed by atoms with Gasteiger partial charge in [0.1, 0.15) is 16.6 Å². The van der Waals surface area contributed by atoms with Crippen LogP contribution < -0.4 is 0 Å². The third kappa shape index (κ3) is 1.54. The summed E-state index contributed by atoms with van der Waals surface area (Å²) in [5.41, 5.74) is 0.986. The van der Waals surface area contributed by atoms with Crippen LogP contribution in [0.15, 0.2) is 6.20 Å². The number of nitrogens with zero attached hydrogens (tertiary/aromatic N) is 3. The van der Waals surface area contributed by atoms with Crippen LogP contribution in [-0.4, -0.2) is 14.5 Å². The first-order valence-corrected chi connectivity index (χ1v) is 6.32. The van der Waals surface area contributed by atoms with Gasteiger partial charge in [0.05, 0.1) is 5.39 Å². The molecule has 2 heterocycles. The minimum Gasteiger partial charge on any atom is -0.328 e. The molecule has 0 unspecified atom stereocenters. The van der Waals surface area contributed by atoms with Crippen LogP contribution in [0.4, 0.5) is 0 Å². The summed E-state index contributed by atoms with van der Waals surface area (Å²) < 4.78 is 3.37. The van der Waals surface area contributed by atoms with Crippen LogP contribution in [-0.2, 0) is 0 Å². The molecule has 2 aromatic heterocycles. The standard InChI is InChI=1S/C10H9ClIN3/c1-5-13-9(11)8-7(12)4-15(6-2-3-6)10(8)14-5/h4,6H,2-3H2,1H3. The van der Waals surface area contributed by atoms with Crippen molar-refractivity contribution in [3.63, 3.8) is 0 Å². The summed E-state index contributed by atoms with van der Waals surface area (Å²) in [6, 6.07) is 0.626. The molecular weight excluding hydrogens is 324 g/mol. The van der Waals surface area contributed by atoms with Crippen LogP contribution in [0.1, 0.15) is 24.7 Å². The van der Waals surface area contributed by atoms with Gasteiger partial charge in [-0.2, -0.15) is 0 Å². The summed E-state index contributed by atoms with van der Waals surface area (Å²) >= 11 is 8.43. The Morgan fingerprint density at radius 1 is 1.47 bits per heavy atom. The Bertz CT molecular complexity index is 545. The fraction of sp³-hybridized carbons (Fsp3) is 0.400. The molecule has 2 aromatic rings. The van der Waals surface area contributed by atoms with Crippen molar-refractivity contribution in [3.8, 4) is 0 Å². The van der Waals surface area contributed by atoms with E-state index in [2.05, 4.69) is 43.3 Å². The zero-order valence-corrected chi connectivity index (χ0v) is 11.1. The zero-order valence-electron chi connectivity index (χ0n) is 8.17. The van der Waals surface area contributed by atoms with E-state index in [-0.39, 0.29) is 0 Å². The van der Waals surface area contributed by atoms with Gasteiger partial charge in [-0.3, -0.25) is 0 Å². The Morgan fingerprint density at radius 3 is 2.87 bits per heavy atom. The molecule has 0 bridgehead atoms. The Labute approximate surface area is 106 Å². The highest BCUT2D eigenvalue weighted by atomic mass is 127. The van der Waals surface area contributed by atoms with Gasteiger partial charge in [-0.15, -0.1) is 0 Å². The van der Waals surface area contributed by atoms with Crippen LogP contribution in [0.2, 0.25) is 5.15 Å². The fourth-order valence-electron chi connectivity index (χ4n) is 1.80. The highest BCUT2D eigenvalue weighted by Gasteiger charge is 2.27. The first-order chi connectivity index (χ1) is 7.16. The quantitative estimate of drug-likeness (QED) is 0.592. The number of halogens is 2. The lowest BCUT2D eigenvalue weighted by atomic mass is 10.4. The molecule has 0 saturated heterocycles. The summed E-state index contributed by atoms with van der Waals surface area (Å²) in [4.78, 5) is 8.67. The van der Waals surface area contributed by atoms with Crippen LogP contribution in [0, 0.1) is 10.5 Å². The average Bonchev–Trinajstić information content (AvgIpc) is 2.92. The lowest BCUT2D eigenvalue weighted by molar-refractivity contribution is 0.762. The average molecular weight is 334 g/mol. The minimum absolute atomic E-state index is 0.571. The van der Waals surface area contributed by atoms with Crippen molar-refractivity contribution in [1.82, 2.24) is 14.5 Å². The van der Waals surface area contributed by atoms with E-state index in [1.807, 2.05) is 6.92 Å². The molecule has 0 aliphatic heterocycles. The third-order valence-electron chi connectivity index (χ3n) is 2.63. The molecule has 0 spiro atoms. The second-order valence-corrected chi connectivity index (χ2v) is 5.40. The van der Waals surface area contributed by atoms with Gasteiger partial charge >= 0.3 is 0 Å². The molecule has 0 N–H and O–H groups in total. The van der Waals surface area contributed by atoms with E-state index in [1.54, 1.807) is 0 Å². The largest absolute Gasteiger partial charge is 0.328 e. The Morgan fingerprint density at radius 2 is 2.20 bits per heavy atom. The minimum atomic E-state index is 0.571. The Kier molecular flexibility index (Phi) is 2.17. The molecule has 1 saturated carbocycles. The highest BCUT2D eigenvalue weighted by molar-refractivity contribution is 14.1. The van der Waals surface area contributed by atoms with E-state index in [9.17, 15) is 0 Å². The number of aryl methyl sites for hydroxylation is 1. The summed E-state index contributed by atoms with van der Waals surface area (Å²) in [7, 11) is 0. The summed E-state index contributed by atoms with van der Waals surface area (Å²) in [5.74, 6) is 0.740. The Balaban J connectivity index is 2.38. The number of aromatic nitrogens is 3. The lowest BCUT2D eigenvalue weighted by Gasteiger charge is -2.02. The van der Waals surface area contributed by atoms with E-state index >= 15 is 0 Å². The molecule has 15 heavy (non-hydrogen) atoms. The fourth-order valence-corrected chi connectivity index (χ4v) is 3.06. The highest BCUT2D eigenvalue weighted by Crippen LogP contribution is 2.39. The van der Waals surface area contributed by atoms with E-state index in [0.29, 0.717) is 11.2 Å². The van der Waals surface area contributed by atoms with E-state index < -0.39 is 0 Å². The third-order valence-corrected chi connectivity index (χ3v) is 3.73. The summed E-state index contributed by atoms with van der Waals surface area (Å²) in [6.45, 7) is 1.88. The maximum atomic E-state index is 6.14. The molecule has 78 valence electrons. The molecule has 1 aliphatic rings. The molecule has 3 rings (SSSR count). The van der Waals surface area contributed by atoms with Crippen molar-refractivity contribution >= 4 is 45.2 Å². The number of fused-ring (bicyclic) bond motifs is 1. The van der Waals surface area contributed by atoms with Gasteiger partial charge in [-0.1, -0.05) is 11.6 Å². The van der Waals surface area contributed by atoms with Crippen molar-refractivity contribution < 1.29 is 0 Å². The van der Waals surface area contributed by atoms with E-state index in [4.69, 9.17) is 11.6 Å². The normalized spacial score (nSPS) is 16.2. The Hall–Kier alpha value is -0.360. The molecule has 0 aromatic carbocycles. The van der Waals surface area contributed by atoms with Crippen molar-refractivity contribution in [3.05, 3.63) is 20.7 Å². The number of rotatable bonds is 1. The first-order valence-electron chi connectivity index (χ1n) is 4.87. The van der Waals surface area contributed by atoms with Gasteiger partial charge in [0.2, 0.25) is 0 Å². The topological polar surface area (TPSA) is 30.7 Å². The smallest absolute Gasteiger partial charge is 0.146 e. The maximum absolute atomic E-state index is 6.14. The van der Waals surface area contributed by atoms with Gasteiger partial charge in [-0.25, -0.2) is 9.97 Å². The molecule has 0 atom stereocenters.